The number of rotatable bonds is 8. The summed E-state index contributed by atoms with van der Waals surface area (Å²) in [6.07, 6.45) is 6.42. The molecule has 1 aromatic carbocycles. The van der Waals surface area contributed by atoms with Crippen LogP contribution in [0.3, 0.4) is 0 Å². The number of aldehydes is 1. The minimum atomic E-state index is -0.492. The molecule has 0 radical (unpaired) electrons. The van der Waals surface area contributed by atoms with E-state index in [1.165, 1.54) is 31.6 Å². The Morgan fingerprint density at radius 2 is 1.90 bits per heavy atom. The van der Waals surface area contributed by atoms with E-state index in [9.17, 15) is 4.79 Å². The SMILES string of the molecule is C=C/C(CC)=C(\C=C(C)C)OC.CC(C)N(C)C.CN(C)CC1CCNC1.CO.O=CC1COc2c#cccc2O1. The molecular formula is C33H57N3O5. The molecule has 8 heteroatoms. The molecule has 0 saturated carbocycles. The maximum Gasteiger partial charge on any atom is 0.213 e. The van der Waals surface area contributed by atoms with Crippen molar-refractivity contribution >= 4 is 6.29 Å². The van der Waals surface area contributed by atoms with Crippen LogP contribution in [0.4, 0.5) is 0 Å². The van der Waals surface area contributed by atoms with E-state index in [0.717, 1.165) is 37.1 Å². The fourth-order valence-corrected chi connectivity index (χ4v) is 3.34. The van der Waals surface area contributed by atoms with Crippen LogP contribution >= 0.6 is 0 Å². The van der Waals surface area contributed by atoms with Crippen molar-refractivity contribution in [2.75, 3.05) is 68.7 Å². The number of hydrogen-bond acceptors (Lipinski definition) is 8. The van der Waals surface area contributed by atoms with Crippen molar-refractivity contribution in [1.29, 1.82) is 0 Å². The molecule has 0 spiro atoms. The Labute approximate surface area is 251 Å². The van der Waals surface area contributed by atoms with E-state index in [1.807, 2.05) is 12.2 Å². The molecule has 0 bridgehead atoms. The lowest BCUT2D eigenvalue weighted by Gasteiger charge is -2.20. The molecule has 2 atom stereocenters. The molecule has 3 rings (SSSR count). The van der Waals surface area contributed by atoms with Crippen LogP contribution in [-0.2, 0) is 9.53 Å². The third-order valence-corrected chi connectivity index (χ3v) is 5.95. The van der Waals surface area contributed by atoms with Crippen molar-refractivity contribution in [3.63, 3.8) is 0 Å². The smallest absolute Gasteiger partial charge is 0.213 e. The number of ether oxygens (including phenoxy) is 3. The van der Waals surface area contributed by atoms with Crippen molar-refractivity contribution in [1.82, 2.24) is 15.1 Å². The van der Waals surface area contributed by atoms with E-state index in [1.54, 1.807) is 19.2 Å². The molecule has 8 nitrogen and oxygen atoms in total. The first-order valence-corrected chi connectivity index (χ1v) is 14.2. The van der Waals surface area contributed by atoms with Crippen molar-refractivity contribution < 1.29 is 24.1 Å². The maximum atomic E-state index is 10.3. The number of aliphatic hydroxyl groups is 1. The first kappa shape index (κ1) is 40.3. The maximum absolute atomic E-state index is 10.3. The Morgan fingerprint density at radius 3 is 2.32 bits per heavy atom. The second kappa shape index (κ2) is 24.9. The van der Waals surface area contributed by atoms with Crippen LogP contribution in [0.2, 0.25) is 0 Å². The summed E-state index contributed by atoms with van der Waals surface area (Å²) in [5, 5.41) is 10.4. The molecule has 0 amide bonds. The highest BCUT2D eigenvalue weighted by atomic mass is 16.6. The molecule has 2 unspecified atom stereocenters. The first-order chi connectivity index (χ1) is 19.5. The van der Waals surface area contributed by atoms with Gasteiger partial charge in [-0.05, 0) is 118 Å². The van der Waals surface area contributed by atoms with E-state index in [0.29, 0.717) is 17.5 Å². The lowest BCUT2D eigenvalue weighted by atomic mass is 10.1. The summed E-state index contributed by atoms with van der Waals surface area (Å²) >= 11 is 0. The Balaban J connectivity index is 0. The Kier molecular flexibility index (Phi) is 24.5. The van der Waals surface area contributed by atoms with Gasteiger partial charge >= 0.3 is 0 Å². The monoisotopic (exact) mass is 575 g/mol. The number of hydrogen-bond donors (Lipinski definition) is 2. The second-order valence-corrected chi connectivity index (χ2v) is 10.5. The lowest BCUT2D eigenvalue weighted by Crippen LogP contribution is -2.29. The number of carbonyl (C=O) groups is 1. The zero-order valence-corrected chi connectivity index (χ0v) is 27.5. The number of aliphatic hydroxyl groups excluding tert-OH is 1. The van der Waals surface area contributed by atoms with Gasteiger partial charge in [-0.3, -0.25) is 4.79 Å². The highest BCUT2D eigenvalue weighted by Crippen LogP contribution is 2.28. The summed E-state index contributed by atoms with van der Waals surface area (Å²) < 4.78 is 15.7. The molecule has 2 heterocycles. The fraction of sp³-hybridized carbons (Fsp3) is 0.606. The van der Waals surface area contributed by atoms with Gasteiger partial charge in [0.25, 0.3) is 0 Å². The van der Waals surface area contributed by atoms with E-state index < -0.39 is 6.10 Å². The standard InChI is InChI=1S/C11H18O.C9H6O3.C7H16N2.C5H13N.CH4O/c1-6-10(7-2)11(12-5)8-9(3)4;10-5-7-6-11-8-3-1-2-4-9(8)12-7;1-9(2)6-7-3-4-8-5-7;1-5(2)6(3)4;1-2/h6,8H,1,7H2,2-5H3;2,4-5,7H,6H2;7-8H,3-6H2,1-2H3;5H,1-4H3;2H,1H3/b11-10-;;;;. The Hall–Kier alpha value is -2.83. The topological polar surface area (TPSA) is 83.5 Å². The number of carbonyl (C=O) groups excluding carboxylic acids is 1. The molecule has 2 aliphatic heterocycles. The number of fused-ring (bicyclic) bond motifs is 1. The minimum Gasteiger partial charge on any atom is -0.496 e. The molecule has 1 aromatic rings. The molecule has 1 saturated heterocycles. The lowest BCUT2D eigenvalue weighted by molar-refractivity contribution is -0.115. The van der Waals surface area contributed by atoms with Gasteiger partial charge in [0.2, 0.25) is 5.75 Å². The fourth-order valence-electron chi connectivity index (χ4n) is 3.34. The van der Waals surface area contributed by atoms with Crippen molar-refractivity contribution in [3.05, 3.63) is 59.9 Å². The van der Waals surface area contributed by atoms with Crippen LogP contribution in [0.15, 0.2) is 47.8 Å². The molecule has 2 aliphatic rings. The molecule has 0 aliphatic carbocycles. The molecular weight excluding hydrogens is 518 g/mol. The number of nitrogens with zero attached hydrogens (tertiary/aromatic N) is 2. The van der Waals surface area contributed by atoms with Crippen LogP contribution in [-0.4, -0.2) is 102 Å². The average molecular weight is 576 g/mol. The van der Waals surface area contributed by atoms with E-state index in [-0.39, 0.29) is 6.61 Å². The number of methoxy groups -OCH3 is 1. The van der Waals surface area contributed by atoms with Crippen molar-refractivity contribution in [3.8, 4) is 11.5 Å². The van der Waals surface area contributed by atoms with Crippen LogP contribution < -0.4 is 14.8 Å². The van der Waals surface area contributed by atoms with Gasteiger partial charge in [0, 0.05) is 19.7 Å². The third-order valence-electron chi connectivity index (χ3n) is 5.95. The van der Waals surface area contributed by atoms with Crippen LogP contribution in [0.25, 0.3) is 0 Å². The molecule has 2 N–H and O–H groups in total. The Bertz CT molecular complexity index is 865. The quantitative estimate of drug-likeness (QED) is 0.260. The van der Waals surface area contributed by atoms with Crippen molar-refractivity contribution in [2.45, 2.75) is 59.6 Å². The molecule has 41 heavy (non-hydrogen) atoms. The van der Waals surface area contributed by atoms with Gasteiger partial charge in [-0.25, -0.2) is 0 Å². The van der Waals surface area contributed by atoms with Gasteiger partial charge in [-0.2, -0.15) is 0 Å². The summed E-state index contributed by atoms with van der Waals surface area (Å²) in [4.78, 5) is 14.8. The van der Waals surface area contributed by atoms with E-state index in [4.69, 9.17) is 19.3 Å². The first-order valence-electron chi connectivity index (χ1n) is 14.2. The summed E-state index contributed by atoms with van der Waals surface area (Å²) in [6.45, 7) is 18.2. The summed E-state index contributed by atoms with van der Waals surface area (Å²) in [5.41, 5.74) is 2.39. The van der Waals surface area contributed by atoms with E-state index in [2.05, 4.69) is 96.6 Å². The zero-order valence-electron chi connectivity index (χ0n) is 27.5. The van der Waals surface area contributed by atoms with Gasteiger partial charge in [0.05, 0.1) is 7.11 Å². The van der Waals surface area contributed by atoms with Gasteiger partial charge in [-0.15, -0.1) is 0 Å². The van der Waals surface area contributed by atoms with Gasteiger partial charge < -0.3 is 34.4 Å². The summed E-state index contributed by atoms with van der Waals surface area (Å²) in [6, 6.07) is 9.52. The van der Waals surface area contributed by atoms with Crippen molar-refractivity contribution in [2.24, 2.45) is 5.92 Å². The summed E-state index contributed by atoms with van der Waals surface area (Å²) in [7, 11) is 11.1. The predicted octanol–water partition coefficient (Wildman–Crippen LogP) is 4.80. The molecule has 0 aromatic heterocycles. The zero-order chi connectivity index (χ0) is 31.8. The number of nitrogens with one attached hydrogen (secondary N) is 1. The van der Waals surface area contributed by atoms with Gasteiger partial charge in [0.15, 0.2) is 18.1 Å². The van der Waals surface area contributed by atoms with E-state index >= 15 is 0 Å². The molecule has 1 fully saturated rings. The average Bonchev–Trinajstić information content (AvgIpc) is 3.47. The number of allylic oxidation sites excluding steroid dienone is 4. The highest BCUT2D eigenvalue weighted by molar-refractivity contribution is 5.58. The second-order valence-electron chi connectivity index (χ2n) is 10.5. The summed E-state index contributed by atoms with van der Waals surface area (Å²) in [5.74, 6) is 2.90. The highest BCUT2D eigenvalue weighted by Gasteiger charge is 2.19. The van der Waals surface area contributed by atoms with Crippen LogP contribution in [0, 0.1) is 18.1 Å². The third kappa shape index (κ3) is 19.8. The van der Waals surface area contributed by atoms with Crippen LogP contribution in [0.5, 0.6) is 11.5 Å². The molecule has 234 valence electrons. The minimum absolute atomic E-state index is 0.255. The van der Waals surface area contributed by atoms with Gasteiger partial charge in [-0.1, -0.05) is 31.2 Å². The van der Waals surface area contributed by atoms with Crippen LogP contribution in [0.1, 0.15) is 47.5 Å². The Morgan fingerprint density at radius 1 is 1.27 bits per heavy atom. The predicted molar refractivity (Wildman–Crippen MR) is 171 cm³/mol. The largest absolute Gasteiger partial charge is 0.496 e. The normalized spacial score (nSPS) is 17.0. The van der Waals surface area contributed by atoms with Gasteiger partial charge in [0.1, 0.15) is 12.4 Å².